The number of hydrogen-bond donors (Lipinski definition) is 0. The van der Waals surface area contributed by atoms with Gasteiger partial charge in [0.15, 0.2) is 17.5 Å². The Morgan fingerprint density at radius 2 is 1.05 bits per heavy atom. The molecule has 4 aromatic heterocycles. The van der Waals surface area contributed by atoms with E-state index >= 15 is 0 Å². The van der Waals surface area contributed by atoms with Crippen molar-refractivity contribution in [2.75, 3.05) is 7.05 Å². The van der Waals surface area contributed by atoms with Crippen LogP contribution in [0.3, 0.4) is 0 Å². The molecule has 0 unspecified atom stereocenters. The largest absolute Gasteiger partial charge is 0.301 e. The Bertz CT molecular complexity index is 1370. The minimum atomic E-state index is 0.529. The molecule has 0 aliphatic rings. The van der Waals surface area contributed by atoms with Crippen LogP contribution in [-0.2, 0) is 0 Å². The molecule has 0 amide bonds. The van der Waals surface area contributed by atoms with Gasteiger partial charge in [-0.3, -0.25) is 15.0 Å². The third-order valence-corrected chi connectivity index (χ3v) is 5.00. The molecule has 0 atom stereocenters. The summed E-state index contributed by atoms with van der Waals surface area (Å²) in [7, 11) is 1.75. The van der Waals surface area contributed by atoms with Crippen LogP contribution in [0, 0.1) is 0 Å². The molecule has 1 aromatic carbocycles. The molecule has 188 valence electrons. The van der Waals surface area contributed by atoms with Crippen LogP contribution in [0.1, 0.15) is 6.92 Å². The molecule has 0 spiro atoms. The van der Waals surface area contributed by atoms with Gasteiger partial charge in [0.1, 0.15) is 5.69 Å². The van der Waals surface area contributed by atoms with Crippen molar-refractivity contribution in [1.82, 2.24) is 29.9 Å². The van der Waals surface area contributed by atoms with Gasteiger partial charge in [-0.15, -0.1) is 0 Å². The van der Waals surface area contributed by atoms with Crippen LogP contribution in [0.5, 0.6) is 0 Å². The number of pyridine rings is 3. The van der Waals surface area contributed by atoms with Gasteiger partial charge in [0.05, 0.1) is 5.69 Å². The summed E-state index contributed by atoms with van der Waals surface area (Å²) in [5, 5.41) is 0. The van der Waals surface area contributed by atoms with Crippen LogP contribution >= 0.6 is 0 Å². The molecular weight excluding hydrogens is 470 g/mol. The van der Waals surface area contributed by atoms with Crippen molar-refractivity contribution >= 4 is 6.21 Å². The molecule has 0 fully saturated rings. The highest BCUT2D eigenvalue weighted by molar-refractivity contribution is 5.68. The van der Waals surface area contributed by atoms with Gasteiger partial charge in [-0.2, -0.15) is 0 Å². The monoisotopic (exact) mass is 499 g/mol. The Balaban J connectivity index is 0.000000443. The topological polar surface area (TPSA) is 89.7 Å². The summed E-state index contributed by atoms with van der Waals surface area (Å²) in [6.45, 7) is 8.61. The highest BCUT2D eigenvalue weighted by atomic mass is 15.0. The lowest BCUT2D eigenvalue weighted by Gasteiger charge is -2.08. The maximum Gasteiger partial charge on any atom is 0.182 e. The molecule has 4 heterocycles. The van der Waals surface area contributed by atoms with E-state index in [2.05, 4.69) is 43.1 Å². The number of allylic oxidation sites excluding steroid dienone is 2. The summed E-state index contributed by atoms with van der Waals surface area (Å²) in [5.41, 5.74) is 4.42. The molecule has 38 heavy (non-hydrogen) atoms. The summed E-state index contributed by atoms with van der Waals surface area (Å²) >= 11 is 0. The molecule has 0 aliphatic heterocycles. The van der Waals surface area contributed by atoms with Crippen LogP contribution in [0.2, 0.25) is 0 Å². The Kier molecular flexibility index (Phi) is 10.9. The Morgan fingerprint density at radius 1 is 0.579 bits per heavy atom. The first-order valence-electron chi connectivity index (χ1n) is 11.9. The van der Waals surface area contributed by atoms with Crippen molar-refractivity contribution in [3.8, 4) is 45.6 Å². The van der Waals surface area contributed by atoms with E-state index in [4.69, 9.17) is 4.98 Å². The van der Waals surface area contributed by atoms with Crippen LogP contribution in [0.4, 0.5) is 0 Å². The number of aromatic nitrogens is 6. The summed E-state index contributed by atoms with van der Waals surface area (Å²) in [5.74, 6) is 1.70. The molecule has 7 heteroatoms. The van der Waals surface area contributed by atoms with E-state index in [1.54, 1.807) is 50.2 Å². The third kappa shape index (κ3) is 7.93. The quantitative estimate of drug-likeness (QED) is 0.195. The van der Waals surface area contributed by atoms with Gasteiger partial charge in [-0.25, -0.2) is 15.0 Å². The zero-order chi connectivity index (χ0) is 27.0. The first kappa shape index (κ1) is 27.4. The second-order valence-corrected chi connectivity index (χ2v) is 7.54. The molecular formula is C31H29N7. The molecule has 5 aromatic rings. The maximum absolute atomic E-state index is 4.71. The minimum absolute atomic E-state index is 0.529. The maximum atomic E-state index is 4.71. The van der Waals surface area contributed by atoms with Crippen molar-refractivity contribution in [2.45, 2.75) is 6.92 Å². The highest BCUT2D eigenvalue weighted by Crippen LogP contribution is 2.25. The SMILES string of the molecule is C=CC=C.CC=NC.c1ccc(-c2ccc(-c3nc(-c4ccncc4)nc(-c4ccccn4)n3)cc2)nc1. The van der Waals surface area contributed by atoms with Crippen molar-refractivity contribution in [1.29, 1.82) is 0 Å². The second kappa shape index (κ2) is 15.1. The van der Waals surface area contributed by atoms with Crippen LogP contribution < -0.4 is 0 Å². The lowest BCUT2D eigenvalue weighted by atomic mass is 10.1. The first-order valence-corrected chi connectivity index (χ1v) is 11.9. The predicted octanol–water partition coefficient (Wildman–Crippen LogP) is 6.79. The zero-order valence-electron chi connectivity index (χ0n) is 21.5. The fraction of sp³-hybridized carbons (Fsp3) is 0.0645. The van der Waals surface area contributed by atoms with Gasteiger partial charge < -0.3 is 4.99 Å². The minimum Gasteiger partial charge on any atom is -0.301 e. The van der Waals surface area contributed by atoms with Gasteiger partial charge in [-0.1, -0.05) is 61.7 Å². The number of benzene rings is 1. The van der Waals surface area contributed by atoms with Gasteiger partial charge in [0.2, 0.25) is 0 Å². The first-order chi connectivity index (χ1) is 18.7. The average molecular weight is 500 g/mol. The van der Waals surface area contributed by atoms with Crippen LogP contribution in [-0.4, -0.2) is 43.2 Å². The van der Waals surface area contributed by atoms with Crippen molar-refractivity contribution in [2.24, 2.45) is 4.99 Å². The predicted molar refractivity (Wildman–Crippen MR) is 155 cm³/mol. The standard InChI is InChI=1S/C24H16N6.C4H6.C3H7N/c1-3-13-26-20(5-1)17-7-9-18(10-8-17)22-28-23(19-11-15-25-16-12-19)30-24(29-22)21-6-2-4-14-27-21;2*1-3-4-2/h1-16H;3-4H,1-2H2;3H,1-2H3. The molecule has 0 saturated heterocycles. The summed E-state index contributed by atoms with van der Waals surface area (Å²) in [4.78, 5) is 30.5. The Morgan fingerprint density at radius 3 is 1.53 bits per heavy atom. The molecule has 0 N–H and O–H groups in total. The molecule has 0 bridgehead atoms. The second-order valence-electron chi connectivity index (χ2n) is 7.54. The normalized spacial score (nSPS) is 9.95. The number of aliphatic imine (C=N–C) groups is 1. The van der Waals surface area contributed by atoms with Gasteiger partial charge >= 0.3 is 0 Å². The van der Waals surface area contributed by atoms with Gasteiger partial charge in [0, 0.05) is 48.5 Å². The molecule has 0 radical (unpaired) electrons. The summed E-state index contributed by atoms with van der Waals surface area (Å²) in [6, 6.07) is 23.3. The van der Waals surface area contributed by atoms with E-state index in [1.807, 2.05) is 79.7 Å². The van der Waals surface area contributed by atoms with Crippen molar-refractivity contribution in [3.05, 3.63) is 123 Å². The van der Waals surface area contributed by atoms with E-state index in [-0.39, 0.29) is 0 Å². The van der Waals surface area contributed by atoms with Crippen LogP contribution in [0.15, 0.2) is 128 Å². The molecule has 7 nitrogen and oxygen atoms in total. The smallest absolute Gasteiger partial charge is 0.182 e. The lowest BCUT2D eigenvalue weighted by Crippen LogP contribution is -2.01. The summed E-state index contributed by atoms with van der Waals surface area (Å²) in [6.07, 6.45) is 12.0. The average Bonchev–Trinajstić information content (AvgIpc) is 3.02. The summed E-state index contributed by atoms with van der Waals surface area (Å²) < 4.78 is 0. The Hall–Kier alpha value is -5.17. The van der Waals surface area contributed by atoms with E-state index in [0.717, 1.165) is 22.4 Å². The fourth-order valence-corrected chi connectivity index (χ4v) is 3.07. The molecule has 5 rings (SSSR count). The van der Waals surface area contributed by atoms with Crippen molar-refractivity contribution < 1.29 is 0 Å². The third-order valence-electron chi connectivity index (χ3n) is 5.00. The van der Waals surface area contributed by atoms with Gasteiger partial charge in [0.25, 0.3) is 0 Å². The number of hydrogen-bond acceptors (Lipinski definition) is 7. The number of rotatable bonds is 5. The van der Waals surface area contributed by atoms with E-state index in [1.165, 1.54) is 0 Å². The highest BCUT2D eigenvalue weighted by Gasteiger charge is 2.13. The van der Waals surface area contributed by atoms with E-state index < -0.39 is 0 Å². The molecule has 0 saturated carbocycles. The van der Waals surface area contributed by atoms with Crippen molar-refractivity contribution in [3.63, 3.8) is 0 Å². The van der Waals surface area contributed by atoms with E-state index in [0.29, 0.717) is 23.2 Å². The molecule has 0 aliphatic carbocycles. The fourth-order valence-electron chi connectivity index (χ4n) is 3.07. The zero-order valence-corrected chi connectivity index (χ0v) is 21.5. The lowest BCUT2D eigenvalue weighted by molar-refractivity contribution is 1.06. The van der Waals surface area contributed by atoms with Gasteiger partial charge in [-0.05, 0) is 49.5 Å². The van der Waals surface area contributed by atoms with E-state index in [9.17, 15) is 0 Å². The Labute approximate surface area is 223 Å². The van der Waals surface area contributed by atoms with Crippen LogP contribution in [0.25, 0.3) is 45.6 Å². The number of nitrogens with zero attached hydrogens (tertiary/aromatic N) is 7.